The van der Waals surface area contributed by atoms with Crippen molar-refractivity contribution >= 4 is 34.9 Å². The highest BCUT2D eigenvalue weighted by atomic mass is 35.5. The van der Waals surface area contributed by atoms with Gasteiger partial charge >= 0.3 is 12.1 Å². The van der Waals surface area contributed by atoms with Crippen LogP contribution in [-0.2, 0) is 14.3 Å². The first-order valence-corrected chi connectivity index (χ1v) is 10.5. The number of fused-ring (bicyclic) bond motifs is 1. The van der Waals surface area contributed by atoms with Crippen LogP contribution in [0, 0.1) is 0 Å². The lowest BCUT2D eigenvalue weighted by molar-refractivity contribution is -0.211. The van der Waals surface area contributed by atoms with Crippen LogP contribution in [0.25, 0.3) is 28.2 Å². The zero-order valence-electron chi connectivity index (χ0n) is 18.3. The molecule has 0 unspecified atom stereocenters. The van der Waals surface area contributed by atoms with Crippen molar-refractivity contribution in [3.63, 3.8) is 0 Å². The quantitative estimate of drug-likeness (QED) is 0.388. The van der Waals surface area contributed by atoms with Crippen LogP contribution >= 0.6 is 11.6 Å². The Hall–Kier alpha value is -3.99. The maximum absolute atomic E-state index is 12.6. The monoisotopic (exact) mass is 503 g/mol. The van der Waals surface area contributed by atoms with E-state index in [-0.39, 0.29) is 5.82 Å². The normalized spacial score (nSPS) is 11.9. The smallest absolute Gasteiger partial charge is 0.443 e. The van der Waals surface area contributed by atoms with Gasteiger partial charge in [0.15, 0.2) is 11.2 Å². The lowest BCUT2D eigenvalue weighted by Gasteiger charge is -2.24. The molecule has 0 radical (unpaired) electrons. The first kappa shape index (κ1) is 24.1. The second-order valence-electron chi connectivity index (χ2n) is 7.89. The summed E-state index contributed by atoms with van der Waals surface area (Å²) in [7, 11) is 0. The number of halogens is 4. The highest BCUT2D eigenvalue weighted by Crippen LogP contribution is 2.34. The minimum absolute atomic E-state index is 0.0200. The number of ether oxygens (including phenoxy) is 1. The molecule has 180 valence electrons. The number of aromatic nitrogens is 4. The highest BCUT2D eigenvalue weighted by Gasteiger charge is 2.46. The molecule has 1 amide bonds. The summed E-state index contributed by atoms with van der Waals surface area (Å²) in [5, 5.41) is 7.26. The van der Waals surface area contributed by atoms with Crippen LogP contribution in [0.2, 0.25) is 5.02 Å². The molecule has 3 heterocycles. The van der Waals surface area contributed by atoms with Crippen LogP contribution in [0.3, 0.4) is 0 Å². The first-order chi connectivity index (χ1) is 16.5. The molecule has 0 fully saturated rings. The maximum atomic E-state index is 12.6. The molecule has 0 spiro atoms. The molecule has 0 aliphatic rings. The van der Waals surface area contributed by atoms with Crippen LogP contribution in [0.15, 0.2) is 60.9 Å². The fourth-order valence-electron chi connectivity index (χ4n) is 3.23. The number of pyridine rings is 1. The van der Waals surface area contributed by atoms with Gasteiger partial charge in [-0.15, -0.1) is 0 Å². The topological polar surface area (TPSA) is 98.5 Å². The summed E-state index contributed by atoms with van der Waals surface area (Å²) in [5.41, 5.74) is 0.862. The van der Waals surface area contributed by atoms with Crippen LogP contribution in [0.1, 0.15) is 13.8 Å². The second kappa shape index (κ2) is 8.99. The minimum atomic E-state index is -5.23. The van der Waals surface area contributed by atoms with E-state index in [1.54, 1.807) is 47.1 Å². The lowest BCUT2D eigenvalue weighted by Crippen LogP contribution is -2.44. The molecule has 0 saturated carbocycles. The predicted molar refractivity (Wildman–Crippen MR) is 122 cm³/mol. The molecule has 35 heavy (non-hydrogen) atoms. The second-order valence-corrected chi connectivity index (χ2v) is 8.33. The van der Waals surface area contributed by atoms with Gasteiger partial charge in [0.1, 0.15) is 11.5 Å². The van der Waals surface area contributed by atoms with Gasteiger partial charge in [-0.25, -0.2) is 19.3 Å². The number of benzene rings is 1. The van der Waals surface area contributed by atoms with Crippen molar-refractivity contribution in [1.82, 2.24) is 19.6 Å². The van der Waals surface area contributed by atoms with E-state index >= 15 is 0 Å². The Kier molecular flexibility index (Phi) is 6.20. The average Bonchev–Trinajstić information content (AvgIpc) is 3.18. The Morgan fingerprint density at radius 2 is 1.80 bits per heavy atom. The molecule has 8 nitrogen and oxygen atoms in total. The number of rotatable bonds is 5. The minimum Gasteiger partial charge on any atom is -0.443 e. The number of alkyl halides is 3. The van der Waals surface area contributed by atoms with E-state index in [1.165, 1.54) is 12.3 Å². The lowest BCUT2D eigenvalue weighted by atomic mass is 10.1. The van der Waals surface area contributed by atoms with Crippen LogP contribution in [-0.4, -0.2) is 43.2 Å². The standard InChI is InChI=1S/C23H17ClF3N5O3/c1-22(2,35-21(34)23(25,26)27)20(33)30-16-12-14(8-10-28-16)19-18(13-5-3-6-15(24)11-13)31-17-7-4-9-29-32(17)19/h3-12H,1-2H3,(H,28,30,33). The number of imidazole rings is 1. The van der Waals surface area contributed by atoms with Crippen molar-refractivity contribution in [1.29, 1.82) is 0 Å². The van der Waals surface area contributed by atoms with Gasteiger partial charge in [-0.3, -0.25) is 4.79 Å². The molecule has 0 aliphatic carbocycles. The SMILES string of the molecule is CC(C)(OC(=O)C(F)(F)F)C(=O)Nc1cc(-c2c(-c3cccc(Cl)c3)nc3cccnn23)ccn1. The third-order valence-electron chi connectivity index (χ3n) is 4.89. The molecule has 4 rings (SSSR count). The van der Waals surface area contributed by atoms with E-state index in [9.17, 15) is 22.8 Å². The summed E-state index contributed by atoms with van der Waals surface area (Å²) in [5.74, 6) is -3.44. The molecule has 3 aromatic heterocycles. The van der Waals surface area contributed by atoms with Crippen LogP contribution in [0.5, 0.6) is 0 Å². The fourth-order valence-corrected chi connectivity index (χ4v) is 3.42. The highest BCUT2D eigenvalue weighted by molar-refractivity contribution is 6.30. The molecule has 0 aliphatic heterocycles. The van der Waals surface area contributed by atoms with Crippen molar-refractivity contribution in [3.8, 4) is 22.5 Å². The van der Waals surface area contributed by atoms with Gasteiger partial charge < -0.3 is 10.1 Å². The molecule has 0 atom stereocenters. The average molecular weight is 504 g/mol. The number of hydrogen-bond acceptors (Lipinski definition) is 6. The number of nitrogens with one attached hydrogen (secondary N) is 1. The molecule has 12 heteroatoms. The molecule has 4 aromatic rings. The third kappa shape index (κ3) is 5.09. The van der Waals surface area contributed by atoms with E-state index in [0.29, 0.717) is 27.6 Å². The molecule has 1 N–H and O–H groups in total. The number of esters is 1. The number of nitrogens with zero attached hydrogens (tertiary/aromatic N) is 4. The van der Waals surface area contributed by atoms with Crippen molar-refractivity contribution in [3.05, 3.63) is 65.9 Å². The Morgan fingerprint density at radius 3 is 2.51 bits per heavy atom. The molecule has 0 saturated heterocycles. The van der Waals surface area contributed by atoms with Crippen molar-refractivity contribution in [2.45, 2.75) is 25.6 Å². The predicted octanol–water partition coefficient (Wildman–Crippen LogP) is 4.93. The van der Waals surface area contributed by atoms with Gasteiger partial charge in [-0.1, -0.05) is 23.7 Å². The Bertz CT molecular complexity index is 1440. The van der Waals surface area contributed by atoms with Crippen molar-refractivity contribution in [2.75, 3.05) is 5.32 Å². The number of anilines is 1. The Morgan fingerprint density at radius 1 is 1.03 bits per heavy atom. The van der Waals surface area contributed by atoms with Gasteiger partial charge in [0.2, 0.25) is 0 Å². The largest absolute Gasteiger partial charge is 0.490 e. The number of amides is 1. The number of carbonyl (C=O) groups excluding carboxylic acids is 2. The first-order valence-electron chi connectivity index (χ1n) is 10.1. The fraction of sp³-hybridized carbons (Fsp3) is 0.174. The maximum Gasteiger partial charge on any atom is 0.490 e. The van der Waals surface area contributed by atoms with Gasteiger partial charge in [0, 0.05) is 28.5 Å². The summed E-state index contributed by atoms with van der Waals surface area (Å²) in [6.45, 7) is 2.09. The van der Waals surface area contributed by atoms with Crippen molar-refractivity contribution < 1.29 is 27.5 Å². The summed E-state index contributed by atoms with van der Waals surface area (Å²) >= 11 is 6.17. The molecule has 0 bridgehead atoms. The zero-order valence-corrected chi connectivity index (χ0v) is 19.1. The summed E-state index contributed by atoms with van der Waals surface area (Å²) in [6, 6.07) is 13.8. The van der Waals surface area contributed by atoms with E-state index in [2.05, 4.69) is 25.1 Å². The molecular weight excluding hydrogens is 487 g/mol. The molecular formula is C23H17ClF3N5O3. The molecule has 1 aromatic carbocycles. The third-order valence-corrected chi connectivity index (χ3v) is 5.13. The van der Waals surface area contributed by atoms with Gasteiger partial charge in [-0.2, -0.15) is 18.3 Å². The number of hydrogen-bond donors (Lipinski definition) is 1. The Balaban J connectivity index is 1.71. The Labute approximate surface area is 201 Å². The van der Waals surface area contributed by atoms with E-state index in [0.717, 1.165) is 19.4 Å². The van der Waals surface area contributed by atoms with Gasteiger partial charge in [0.25, 0.3) is 5.91 Å². The summed E-state index contributed by atoms with van der Waals surface area (Å²) < 4.78 is 43.7. The summed E-state index contributed by atoms with van der Waals surface area (Å²) in [4.78, 5) is 32.5. The summed E-state index contributed by atoms with van der Waals surface area (Å²) in [6.07, 6.45) is -2.24. The van der Waals surface area contributed by atoms with Gasteiger partial charge in [0.05, 0.1) is 5.69 Å². The van der Waals surface area contributed by atoms with E-state index in [1.807, 2.05) is 6.07 Å². The van der Waals surface area contributed by atoms with Crippen LogP contribution < -0.4 is 5.32 Å². The van der Waals surface area contributed by atoms with E-state index < -0.39 is 23.7 Å². The van der Waals surface area contributed by atoms with Crippen LogP contribution in [0.4, 0.5) is 19.0 Å². The van der Waals surface area contributed by atoms with E-state index in [4.69, 9.17) is 11.6 Å². The zero-order chi connectivity index (χ0) is 25.4. The van der Waals surface area contributed by atoms with Gasteiger partial charge in [-0.05, 0) is 50.2 Å². The number of carbonyl (C=O) groups is 2. The van der Waals surface area contributed by atoms with Crippen molar-refractivity contribution in [2.24, 2.45) is 0 Å².